The average molecular weight is 358 g/mol. The topological polar surface area (TPSA) is 108 Å². The molecule has 2 aromatic rings. The van der Waals surface area contributed by atoms with Crippen molar-refractivity contribution in [1.29, 1.82) is 5.41 Å². The van der Waals surface area contributed by atoms with Crippen molar-refractivity contribution < 1.29 is 8.42 Å². The summed E-state index contributed by atoms with van der Waals surface area (Å²) in [7, 11) is -3.61. The predicted octanol–water partition coefficient (Wildman–Crippen LogP) is 2.39. The Hall–Kier alpha value is -2.54. The number of para-hydroxylation sites is 1. The van der Waals surface area contributed by atoms with Crippen LogP contribution in [0.5, 0.6) is 0 Å². The summed E-state index contributed by atoms with van der Waals surface area (Å²) in [6.07, 6.45) is 2.86. The van der Waals surface area contributed by atoms with E-state index in [1.54, 1.807) is 36.4 Å². The fraction of sp³-hybridized carbons (Fsp3) is 0.278. The van der Waals surface area contributed by atoms with Crippen molar-refractivity contribution in [3.05, 3.63) is 59.7 Å². The monoisotopic (exact) mass is 358 g/mol. The molecular formula is C18H22N4O2S. The maximum atomic E-state index is 12.6. The second kappa shape index (κ2) is 7.14. The quantitative estimate of drug-likeness (QED) is 0.486. The first kappa shape index (κ1) is 17.3. The Bertz CT molecular complexity index is 866. The summed E-state index contributed by atoms with van der Waals surface area (Å²) in [6.45, 7) is 0.594. The van der Waals surface area contributed by atoms with Crippen LogP contribution in [-0.2, 0) is 16.4 Å². The molecule has 0 radical (unpaired) electrons. The number of hydrogen-bond donors (Lipinski definition) is 4. The number of aryl methyl sites for hydroxylation is 1. The molecule has 6 nitrogen and oxygen atoms in total. The van der Waals surface area contributed by atoms with Crippen LogP contribution in [0.25, 0.3) is 0 Å². The fourth-order valence-electron chi connectivity index (χ4n) is 3.22. The van der Waals surface area contributed by atoms with Gasteiger partial charge in [-0.05, 0) is 54.7 Å². The number of anilines is 1. The van der Waals surface area contributed by atoms with E-state index in [9.17, 15) is 8.42 Å². The van der Waals surface area contributed by atoms with E-state index in [1.807, 2.05) is 12.1 Å². The average Bonchev–Trinajstić information content (AvgIpc) is 2.59. The van der Waals surface area contributed by atoms with Crippen molar-refractivity contribution in [2.45, 2.75) is 30.1 Å². The van der Waals surface area contributed by atoms with E-state index in [-0.39, 0.29) is 16.8 Å². The zero-order valence-corrected chi connectivity index (χ0v) is 14.6. The lowest BCUT2D eigenvalue weighted by molar-refractivity contribution is 0.540. The Kier molecular flexibility index (Phi) is 4.94. The largest absolute Gasteiger partial charge is 0.370 e. The Balaban J connectivity index is 1.84. The maximum absolute atomic E-state index is 12.6. The molecule has 0 aromatic heterocycles. The lowest BCUT2D eigenvalue weighted by Crippen LogP contribution is -2.34. The molecule has 132 valence electrons. The zero-order chi connectivity index (χ0) is 17.9. The third-order valence-corrected chi connectivity index (χ3v) is 5.81. The van der Waals surface area contributed by atoms with Gasteiger partial charge in [0.25, 0.3) is 10.0 Å². The predicted molar refractivity (Wildman–Crippen MR) is 99.3 cm³/mol. The van der Waals surface area contributed by atoms with Gasteiger partial charge in [-0.25, -0.2) is 8.42 Å². The molecule has 1 atom stereocenters. The molecule has 1 aliphatic rings. The molecule has 0 saturated heterocycles. The summed E-state index contributed by atoms with van der Waals surface area (Å²) in [5.41, 5.74) is 8.10. The zero-order valence-electron chi connectivity index (χ0n) is 13.8. The van der Waals surface area contributed by atoms with Crippen molar-refractivity contribution in [1.82, 2.24) is 5.32 Å². The number of nitrogens with two attached hydrogens (primary N) is 1. The Labute approximate surface area is 148 Å². The van der Waals surface area contributed by atoms with Gasteiger partial charge in [-0.1, -0.05) is 24.3 Å². The number of rotatable bonds is 5. The van der Waals surface area contributed by atoms with Gasteiger partial charge < -0.3 is 11.1 Å². The molecule has 0 aliphatic heterocycles. The second-order valence-electron chi connectivity index (χ2n) is 6.22. The molecule has 5 N–H and O–H groups in total. The highest BCUT2D eigenvalue weighted by molar-refractivity contribution is 7.92. The van der Waals surface area contributed by atoms with Crippen molar-refractivity contribution in [3.63, 3.8) is 0 Å². The highest BCUT2D eigenvalue weighted by Gasteiger charge is 2.23. The van der Waals surface area contributed by atoms with E-state index in [0.29, 0.717) is 12.2 Å². The van der Waals surface area contributed by atoms with Crippen molar-refractivity contribution in [2.75, 3.05) is 11.3 Å². The molecule has 0 fully saturated rings. The van der Waals surface area contributed by atoms with Crippen LogP contribution in [0, 0.1) is 5.41 Å². The molecule has 25 heavy (non-hydrogen) atoms. The van der Waals surface area contributed by atoms with Gasteiger partial charge >= 0.3 is 0 Å². The molecule has 0 heterocycles. The Morgan fingerprint density at radius 3 is 2.68 bits per heavy atom. The molecule has 1 aliphatic carbocycles. The Morgan fingerprint density at radius 1 is 1.20 bits per heavy atom. The lowest BCUT2D eigenvalue weighted by atomic mass is 9.83. The van der Waals surface area contributed by atoms with Crippen LogP contribution < -0.4 is 15.8 Å². The molecule has 2 aromatic carbocycles. The van der Waals surface area contributed by atoms with Gasteiger partial charge in [-0.2, -0.15) is 0 Å². The molecule has 0 amide bonds. The summed E-state index contributed by atoms with van der Waals surface area (Å²) in [5.74, 6) is 0.199. The van der Waals surface area contributed by atoms with Crippen molar-refractivity contribution in [3.8, 4) is 0 Å². The number of guanidine groups is 1. The first-order valence-electron chi connectivity index (χ1n) is 8.24. The molecule has 7 heteroatoms. The third kappa shape index (κ3) is 4.11. The minimum absolute atomic E-state index is 0.0432. The SMILES string of the molecule is N=C(N)NCC1CCCc2cc(S(=O)(=O)Nc3ccccc3)ccc21. The Morgan fingerprint density at radius 2 is 1.96 bits per heavy atom. The van der Waals surface area contributed by atoms with Crippen LogP contribution in [0.4, 0.5) is 5.69 Å². The molecule has 3 rings (SSSR count). The minimum Gasteiger partial charge on any atom is -0.370 e. The summed E-state index contributed by atoms with van der Waals surface area (Å²) < 4.78 is 27.8. The van der Waals surface area contributed by atoms with Gasteiger partial charge in [0, 0.05) is 18.2 Å². The van der Waals surface area contributed by atoms with Gasteiger partial charge in [-0.3, -0.25) is 10.1 Å². The number of sulfonamides is 1. The van der Waals surface area contributed by atoms with Gasteiger partial charge in [0.05, 0.1) is 4.90 Å². The van der Waals surface area contributed by atoms with E-state index < -0.39 is 10.0 Å². The molecule has 0 bridgehead atoms. The molecule has 1 unspecified atom stereocenters. The summed E-state index contributed by atoms with van der Waals surface area (Å²) in [6, 6.07) is 14.2. The standard InChI is InChI=1S/C18H22N4O2S/c19-18(20)21-12-14-6-4-5-13-11-16(9-10-17(13)14)25(23,24)22-15-7-2-1-3-8-15/h1-3,7-11,14,22H,4-6,12H2,(H4,19,20,21). The fourth-order valence-corrected chi connectivity index (χ4v) is 4.33. The van der Waals surface area contributed by atoms with Gasteiger partial charge in [-0.15, -0.1) is 0 Å². The van der Waals surface area contributed by atoms with Crippen molar-refractivity contribution >= 4 is 21.7 Å². The highest BCUT2D eigenvalue weighted by atomic mass is 32.2. The number of fused-ring (bicyclic) bond motifs is 1. The smallest absolute Gasteiger partial charge is 0.261 e. The third-order valence-electron chi connectivity index (χ3n) is 4.43. The van der Waals surface area contributed by atoms with Crippen LogP contribution in [-0.4, -0.2) is 20.9 Å². The van der Waals surface area contributed by atoms with Gasteiger partial charge in [0.2, 0.25) is 0 Å². The molecule has 0 spiro atoms. The summed E-state index contributed by atoms with van der Waals surface area (Å²) >= 11 is 0. The number of hydrogen-bond acceptors (Lipinski definition) is 3. The van der Waals surface area contributed by atoms with E-state index >= 15 is 0 Å². The van der Waals surface area contributed by atoms with E-state index in [1.165, 1.54) is 0 Å². The first-order valence-corrected chi connectivity index (χ1v) is 9.72. The second-order valence-corrected chi connectivity index (χ2v) is 7.90. The molecule has 0 saturated carbocycles. The summed E-state index contributed by atoms with van der Waals surface area (Å²) in [4.78, 5) is 0.273. The van der Waals surface area contributed by atoms with E-state index in [0.717, 1.165) is 30.4 Å². The van der Waals surface area contributed by atoms with Gasteiger partial charge in [0.1, 0.15) is 0 Å². The molecular weight excluding hydrogens is 336 g/mol. The van der Waals surface area contributed by atoms with E-state index in [4.69, 9.17) is 11.1 Å². The van der Waals surface area contributed by atoms with Crippen molar-refractivity contribution in [2.24, 2.45) is 5.73 Å². The summed E-state index contributed by atoms with van der Waals surface area (Å²) in [5, 5.41) is 10.2. The normalized spacial score (nSPS) is 16.7. The van der Waals surface area contributed by atoms with Crippen LogP contribution in [0.1, 0.15) is 29.9 Å². The number of benzene rings is 2. The highest BCUT2D eigenvalue weighted by Crippen LogP contribution is 2.33. The lowest BCUT2D eigenvalue weighted by Gasteiger charge is -2.26. The number of nitrogens with one attached hydrogen (secondary N) is 3. The van der Waals surface area contributed by atoms with Crippen LogP contribution in [0.2, 0.25) is 0 Å². The van der Waals surface area contributed by atoms with Crippen LogP contribution >= 0.6 is 0 Å². The van der Waals surface area contributed by atoms with Crippen LogP contribution in [0.15, 0.2) is 53.4 Å². The minimum atomic E-state index is -3.61. The van der Waals surface area contributed by atoms with E-state index in [2.05, 4.69) is 10.0 Å². The first-order chi connectivity index (χ1) is 12.0. The maximum Gasteiger partial charge on any atom is 0.261 e. The van der Waals surface area contributed by atoms with Crippen LogP contribution in [0.3, 0.4) is 0 Å². The van der Waals surface area contributed by atoms with Gasteiger partial charge in [0.15, 0.2) is 5.96 Å².